The van der Waals surface area contributed by atoms with Gasteiger partial charge in [0.05, 0.1) is 23.1 Å². The molecule has 2 atom stereocenters. The second kappa shape index (κ2) is 11.8. The van der Waals surface area contributed by atoms with E-state index in [4.69, 9.17) is 4.98 Å². The minimum Gasteiger partial charge on any atom is -0.339 e. The number of piperidine rings is 1. The standard InChI is InChI=1S/C35H37FN6O4S/c1-8-27(43)41-14-12-22(21(6)17-41)29-23-15-25(36)31(28-19(4)9-10-26-24(28)16-38-40-26)39-34(23)42(35(44)33(29)47(7,45)46)32-20(5)11-13-37-30(32)18(2)3/h8-11,13,15-16,18,21-22H,1,12,14,17H2,2-7H3,(H,38,40)/t21-,22?/m0/s1. The number of sulfone groups is 1. The Kier molecular flexibility index (Phi) is 8.11. The quantitative estimate of drug-likeness (QED) is 0.231. The molecule has 47 heavy (non-hydrogen) atoms. The summed E-state index contributed by atoms with van der Waals surface area (Å²) < 4.78 is 45.3. The number of H-pyrrole nitrogens is 1. The molecule has 1 unspecified atom stereocenters. The van der Waals surface area contributed by atoms with E-state index in [1.807, 2.05) is 46.8 Å². The number of amides is 1. The number of likely N-dealkylation sites (tertiary alicyclic amines) is 1. The largest absolute Gasteiger partial charge is 0.339 e. The molecule has 0 bridgehead atoms. The summed E-state index contributed by atoms with van der Waals surface area (Å²) in [5.74, 6) is -1.78. The van der Waals surface area contributed by atoms with E-state index in [-0.39, 0.29) is 40.0 Å². The highest BCUT2D eigenvalue weighted by atomic mass is 32.2. The van der Waals surface area contributed by atoms with Gasteiger partial charge in [0, 0.05) is 41.9 Å². The number of benzene rings is 1. The monoisotopic (exact) mass is 656 g/mol. The van der Waals surface area contributed by atoms with E-state index in [0.717, 1.165) is 11.8 Å². The summed E-state index contributed by atoms with van der Waals surface area (Å²) in [6.45, 7) is 13.7. The van der Waals surface area contributed by atoms with E-state index in [9.17, 15) is 18.0 Å². The first-order chi connectivity index (χ1) is 22.2. The van der Waals surface area contributed by atoms with Gasteiger partial charge in [0.15, 0.2) is 9.84 Å². The molecular formula is C35H37FN6O4S. The molecule has 12 heteroatoms. The highest BCUT2D eigenvalue weighted by Crippen LogP contribution is 2.42. The zero-order valence-electron chi connectivity index (χ0n) is 27.3. The summed E-state index contributed by atoms with van der Waals surface area (Å²) in [7, 11) is -4.16. The average molecular weight is 657 g/mol. The van der Waals surface area contributed by atoms with Crippen molar-refractivity contribution < 1.29 is 17.6 Å². The van der Waals surface area contributed by atoms with Gasteiger partial charge in [-0.1, -0.05) is 33.4 Å². The van der Waals surface area contributed by atoms with E-state index in [1.165, 1.54) is 16.7 Å². The highest BCUT2D eigenvalue weighted by molar-refractivity contribution is 7.90. The first kappa shape index (κ1) is 32.2. The van der Waals surface area contributed by atoms with Gasteiger partial charge in [-0.2, -0.15) is 5.10 Å². The van der Waals surface area contributed by atoms with Crippen molar-refractivity contribution in [3.8, 4) is 16.9 Å². The van der Waals surface area contributed by atoms with Crippen LogP contribution in [-0.2, 0) is 14.6 Å². The van der Waals surface area contributed by atoms with Gasteiger partial charge in [-0.25, -0.2) is 17.8 Å². The smallest absolute Gasteiger partial charge is 0.275 e. The SMILES string of the molecule is C=CC(=O)N1CCC(c2c(S(C)(=O)=O)c(=O)n(-c3c(C)ccnc3C(C)C)c3nc(-c4c(C)ccc5[nH]ncc45)c(F)cc23)[C@@H](C)C1. The van der Waals surface area contributed by atoms with Crippen LogP contribution in [0.1, 0.15) is 61.4 Å². The van der Waals surface area contributed by atoms with Crippen LogP contribution in [0.2, 0.25) is 0 Å². The zero-order valence-corrected chi connectivity index (χ0v) is 28.1. The Labute approximate surface area is 272 Å². The molecule has 5 heterocycles. The molecule has 0 radical (unpaired) electrons. The maximum absolute atomic E-state index is 16.6. The number of pyridine rings is 3. The van der Waals surface area contributed by atoms with Crippen LogP contribution in [0.4, 0.5) is 4.39 Å². The fraction of sp³-hybridized carbons (Fsp3) is 0.343. The molecule has 4 aromatic heterocycles. The van der Waals surface area contributed by atoms with Crippen LogP contribution in [0.3, 0.4) is 0 Å². The van der Waals surface area contributed by atoms with E-state index in [0.29, 0.717) is 52.9 Å². The molecule has 5 aromatic rings. The fourth-order valence-corrected chi connectivity index (χ4v) is 8.09. The molecule has 6 rings (SSSR count). The van der Waals surface area contributed by atoms with Gasteiger partial charge in [-0.05, 0) is 79.0 Å². The fourth-order valence-electron chi connectivity index (χ4n) is 7.02. The molecule has 1 amide bonds. The van der Waals surface area contributed by atoms with Gasteiger partial charge in [0.1, 0.15) is 22.1 Å². The molecule has 1 saturated heterocycles. The Morgan fingerprint density at radius 2 is 1.91 bits per heavy atom. The van der Waals surface area contributed by atoms with Gasteiger partial charge >= 0.3 is 0 Å². The van der Waals surface area contributed by atoms with Crippen LogP contribution in [0.5, 0.6) is 0 Å². The lowest BCUT2D eigenvalue weighted by Crippen LogP contribution is -2.42. The number of hydrogen-bond acceptors (Lipinski definition) is 7. The van der Waals surface area contributed by atoms with Gasteiger partial charge in [0.25, 0.3) is 5.56 Å². The summed E-state index contributed by atoms with van der Waals surface area (Å²) in [6.07, 6.45) is 5.87. The van der Waals surface area contributed by atoms with E-state index >= 15 is 4.39 Å². The maximum Gasteiger partial charge on any atom is 0.275 e. The van der Waals surface area contributed by atoms with Gasteiger partial charge in [-0.3, -0.25) is 24.2 Å². The summed E-state index contributed by atoms with van der Waals surface area (Å²) in [5.41, 5.74) is 3.23. The lowest BCUT2D eigenvalue weighted by molar-refractivity contribution is -0.127. The number of aromatic amines is 1. The minimum absolute atomic E-state index is 0.0142. The third-order valence-corrected chi connectivity index (χ3v) is 10.4. The number of carbonyl (C=O) groups is 1. The summed E-state index contributed by atoms with van der Waals surface area (Å²) in [6, 6.07) is 6.76. The molecule has 1 aromatic carbocycles. The van der Waals surface area contributed by atoms with Crippen LogP contribution in [0, 0.1) is 25.6 Å². The van der Waals surface area contributed by atoms with Crippen LogP contribution in [0.25, 0.3) is 38.9 Å². The molecule has 0 saturated carbocycles. The third kappa shape index (κ3) is 5.34. The Bertz CT molecular complexity index is 2270. The van der Waals surface area contributed by atoms with Crippen LogP contribution in [-0.4, -0.2) is 63.3 Å². The second-order valence-electron chi connectivity index (χ2n) is 12.8. The predicted molar refractivity (Wildman–Crippen MR) is 180 cm³/mol. The van der Waals surface area contributed by atoms with Crippen molar-refractivity contribution in [1.82, 2.24) is 29.6 Å². The summed E-state index contributed by atoms with van der Waals surface area (Å²) >= 11 is 0. The van der Waals surface area contributed by atoms with Crippen LogP contribution >= 0.6 is 0 Å². The van der Waals surface area contributed by atoms with Gasteiger partial charge < -0.3 is 4.90 Å². The minimum atomic E-state index is -4.16. The molecule has 0 aliphatic carbocycles. The van der Waals surface area contributed by atoms with Crippen molar-refractivity contribution in [2.45, 2.75) is 57.8 Å². The number of carbonyl (C=O) groups excluding carboxylic acids is 1. The predicted octanol–water partition coefficient (Wildman–Crippen LogP) is 5.74. The van der Waals surface area contributed by atoms with E-state index in [2.05, 4.69) is 21.8 Å². The number of aromatic nitrogens is 5. The van der Waals surface area contributed by atoms with E-state index in [1.54, 1.807) is 23.4 Å². The average Bonchev–Trinajstić information content (AvgIpc) is 3.49. The topological polar surface area (TPSA) is 131 Å². The summed E-state index contributed by atoms with van der Waals surface area (Å²) in [4.78, 5) is 38.1. The van der Waals surface area contributed by atoms with Crippen molar-refractivity contribution >= 4 is 37.7 Å². The molecular weight excluding hydrogens is 619 g/mol. The Morgan fingerprint density at radius 3 is 2.57 bits per heavy atom. The van der Waals surface area contributed by atoms with Gasteiger partial charge in [-0.15, -0.1) is 0 Å². The molecule has 1 aliphatic rings. The van der Waals surface area contributed by atoms with Crippen molar-refractivity contribution in [2.75, 3.05) is 19.3 Å². The number of aryl methyl sites for hydroxylation is 2. The molecule has 0 spiro atoms. The molecule has 1 fully saturated rings. The molecule has 10 nitrogen and oxygen atoms in total. The number of nitrogens with zero attached hydrogens (tertiary/aromatic N) is 5. The first-order valence-corrected chi connectivity index (χ1v) is 17.4. The maximum atomic E-state index is 16.6. The van der Waals surface area contributed by atoms with Crippen molar-refractivity contribution in [3.05, 3.63) is 87.9 Å². The summed E-state index contributed by atoms with van der Waals surface area (Å²) in [5, 5.41) is 7.95. The zero-order chi connectivity index (χ0) is 33.9. The van der Waals surface area contributed by atoms with E-state index < -0.39 is 32.0 Å². The first-order valence-electron chi connectivity index (χ1n) is 15.5. The lowest BCUT2D eigenvalue weighted by Gasteiger charge is -2.38. The number of nitrogens with one attached hydrogen (secondary N) is 1. The Balaban J connectivity index is 1.79. The number of rotatable bonds is 6. The molecule has 1 aliphatic heterocycles. The van der Waals surface area contributed by atoms with Crippen LogP contribution in [0.15, 0.2) is 59.0 Å². The molecule has 1 N–H and O–H groups in total. The highest BCUT2D eigenvalue weighted by Gasteiger charge is 2.37. The van der Waals surface area contributed by atoms with Crippen molar-refractivity contribution in [1.29, 1.82) is 0 Å². The number of hydrogen-bond donors (Lipinski definition) is 1. The van der Waals surface area contributed by atoms with Crippen molar-refractivity contribution in [3.63, 3.8) is 0 Å². The number of fused-ring (bicyclic) bond motifs is 2. The Morgan fingerprint density at radius 1 is 1.17 bits per heavy atom. The molecule has 244 valence electrons. The van der Waals surface area contributed by atoms with Gasteiger partial charge in [0.2, 0.25) is 5.91 Å². The second-order valence-corrected chi connectivity index (χ2v) is 14.8. The van der Waals surface area contributed by atoms with Crippen LogP contribution < -0.4 is 5.56 Å². The van der Waals surface area contributed by atoms with Crippen molar-refractivity contribution in [2.24, 2.45) is 5.92 Å². The normalized spacial score (nSPS) is 17.1. The Hall–Kier alpha value is -4.71. The third-order valence-electron chi connectivity index (χ3n) is 9.23. The number of halogens is 1. The lowest BCUT2D eigenvalue weighted by atomic mass is 9.80.